The van der Waals surface area contributed by atoms with E-state index in [1.54, 1.807) is 79.9 Å². The smallest absolute Gasteiger partial charge is 0.283 e. The van der Waals surface area contributed by atoms with Crippen LogP contribution in [0.3, 0.4) is 0 Å². The van der Waals surface area contributed by atoms with Crippen molar-refractivity contribution in [1.29, 1.82) is 0 Å². The molecule has 1 aliphatic rings. The predicted octanol–water partition coefficient (Wildman–Crippen LogP) is 6.73. The lowest BCUT2D eigenvalue weighted by Crippen LogP contribution is -2.32. The standard InChI is InChI=1S/C30H21ClFN3O4S/c1-39-24-15-11-21(12-16-24)33-26-27(30(38)35(29(26)37)23-13-9-20(32)10-14-23)40-25-4-2-3-22(17-25)34-28(36)18-5-7-19(31)8-6-18/h2-17,33H,1H3,(H,34,36). The summed E-state index contributed by atoms with van der Waals surface area (Å²) in [6.07, 6.45) is 0. The van der Waals surface area contributed by atoms with Crippen LogP contribution in [0.4, 0.5) is 21.5 Å². The zero-order chi connectivity index (χ0) is 28.2. The Morgan fingerprint density at radius 2 is 1.57 bits per heavy atom. The highest BCUT2D eigenvalue weighted by molar-refractivity contribution is 8.04. The van der Waals surface area contributed by atoms with Gasteiger partial charge in [0.05, 0.1) is 12.8 Å². The van der Waals surface area contributed by atoms with Crippen LogP contribution in [0.5, 0.6) is 5.75 Å². The second kappa shape index (κ2) is 11.6. The van der Waals surface area contributed by atoms with Crippen molar-refractivity contribution in [3.05, 3.63) is 124 Å². The number of carbonyl (C=O) groups excluding carboxylic acids is 3. The molecule has 0 fully saturated rings. The molecule has 0 atom stereocenters. The van der Waals surface area contributed by atoms with E-state index in [9.17, 15) is 18.8 Å². The number of amides is 3. The predicted molar refractivity (Wildman–Crippen MR) is 154 cm³/mol. The summed E-state index contributed by atoms with van der Waals surface area (Å²) in [5.41, 5.74) is 1.81. The van der Waals surface area contributed by atoms with E-state index >= 15 is 0 Å². The molecule has 10 heteroatoms. The van der Waals surface area contributed by atoms with Crippen LogP contribution in [-0.4, -0.2) is 24.8 Å². The van der Waals surface area contributed by atoms with E-state index in [4.69, 9.17) is 16.3 Å². The Bertz CT molecular complexity index is 1620. The first-order valence-corrected chi connectivity index (χ1v) is 13.2. The van der Waals surface area contributed by atoms with Gasteiger partial charge in [-0.05, 0) is 91.0 Å². The van der Waals surface area contributed by atoms with Gasteiger partial charge >= 0.3 is 0 Å². The highest BCUT2D eigenvalue weighted by Crippen LogP contribution is 2.38. The molecule has 3 amide bonds. The van der Waals surface area contributed by atoms with Crippen molar-refractivity contribution in [3.8, 4) is 5.75 Å². The van der Waals surface area contributed by atoms with Gasteiger partial charge in [-0.2, -0.15) is 0 Å². The van der Waals surface area contributed by atoms with Crippen LogP contribution in [0, 0.1) is 5.82 Å². The molecule has 0 radical (unpaired) electrons. The van der Waals surface area contributed by atoms with Gasteiger partial charge in [0, 0.05) is 26.9 Å². The molecule has 7 nitrogen and oxygen atoms in total. The minimum Gasteiger partial charge on any atom is -0.497 e. The molecule has 0 spiro atoms. The Kier molecular flexibility index (Phi) is 7.86. The number of rotatable bonds is 8. The van der Waals surface area contributed by atoms with Gasteiger partial charge in [-0.25, -0.2) is 9.29 Å². The third-order valence-electron chi connectivity index (χ3n) is 5.90. The lowest BCUT2D eigenvalue weighted by molar-refractivity contribution is -0.120. The van der Waals surface area contributed by atoms with Gasteiger partial charge in [0.25, 0.3) is 17.7 Å². The maximum atomic E-state index is 13.6. The molecule has 40 heavy (non-hydrogen) atoms. The monoisotopic (exact) mass is 573 g/mol. The van der Waals surface area contributed by atoms with E-state index in [2.05, 4.69) is 10.6 Å². The molecule has 4 aromatic rings. The number of methoxy groups -OCH3 is 1. The summed E-state index contributed by atoms with van der Waals surface area (Å²) in [6.45, 7) is 0. The molecule has 0 aliphatic carbocycles. The minimum absolute atomic E-state index is 0.0695. The molecule has 2 N–H and O–H groups in total. The largest absolute Gasteiger partial charge is 0.497 e. The van der Waals surface area contributed by atoms with Crippen LogP contribution in [0.2, 0.25) is 5.02 Å². The molecule has 0 saturated carbocycles. The molecule has 1 heterocycles. The van der Waals surface area contributed by atoms with E-state index in [-0.39, 0.29) is 22.2 Å². The fourth-order valence-corrected chi connectivity index (χ4v) is 5.03. The Morgan fingerprint density at radius 1 is 0.875 bits per heavy atom. The number of hydrogen-bond donors (Lipinski definition) is 2. The average molecular weight is 574 g/mol. The molecule has 200 valence electrons. The molecule has 4 aromatic carbocycles. The lowest BCUT2D eigenvalue weighted by atomic mass is 10.2. The van der Waals surface area contributed by atoms with E-state index < -0.39 is 17.6 Å². The zero-order valence-corrected chi connectivity index (χ0v) is 22.6. The second-order valence-electron chi connectivity index (χ2n) is 8.57. The van der Waals surface area contributed by atoms with Crippen LogP contribution in [0.1, 0.15) is 10.4 Å². The third-order valence-corrected chi connectivity index (χ3v) is 7.23. The molecule has 5 rings (SSSR count). The Balaban J connectivity index is 1.44. The summed E-state index contributed by atoms with van der Waals surface area (Å²) < 4.78 is 18.7. The number of ether oxygens (including phenoxy) is 1. The number of imide groups is 1. The normalized spacial score (nSPS) is 13.0. The molecule has 0 bridgehead atoms. The van der Waals surface area contributed by atoms with Crippen molar-refractivity contribution < 1.29 is 23.5 Å². The van der Waals surface area contributed by atoms with Crippen LogP contribution >= 0.6 is 23.4 Å². The topological polar surface area (TPSA) is 87.7 Å². The lowest BCUT2D eigenvalue weighted by Gasteiger charge is -2.15. The zero-order valence-electron chi connectivity index (χ0n) is 21.0. The van der Waals surface area contributed by atoms with Crippen molar-refractivity contribution in [2.24, 2.45) is 0 Å². The van der Waals surface area contributed by atoms with Crippen molar-refractivity contribution >= 4 is 58.1 Å². The van der Waals surface area contributed by atoms with E-state index in [1.165, 1.54) is 24.3 Å². The number of hydrogen-bond acceptors (Lipinski definition) is 6. The Morgan fingerprint density at radius 3 is 2.25 bits per heavy atom. The summed E-state index contributed by atoms with van der Waals surface area (Å²) in [4.78, 5) is 41.5. The van der Waals surface area contributed by atoms with Crippen LogP contribution in [-0.2, 0) is 9.59 Å². The molecule has 1 aliphatic heterocycles. The summed E-state index contributed by atoms with van der Waals surface area (Å²) in [7, 11) is 1.55. The molecule has 0 saturated heterocycles. The average Bonchev–Trinajstić information content (AvgIpc) is 3.18. The van der Waals surface area contributed by atoms with Gasteiger partial charge < -0.3 is 15.4 Å². The number of nitrogens with one attached hydrogen (secondary N) is 2. The summed E-state index contributed by atoms with van der Waals surface area (Å²) in [6, 6.07) is 25.4. The van der Waals surface area contributed by atoms with E-state index in [0.29, 0.717) is 32.6 Å². The maximum Gasteiger partial charge on any atom is 0.283 e. The highest BCUT2D eigenvalue weighted by Gasteiger charge is 2.40. The number of halogens is 2. The van der Waals surface area contributed by atoms with Crippen molar-refractivity contribution in [1.82, 2.24) is 0 Å². The van der Waals surface area contributed by atoms with Gasteiger partial charge in [0.1, 0.15) is 22.2 Å². The first-order chi connectivity index (χ1) is 19.3. The quantitative estimate of drug-likeness (QED) is 0.227. The van der Waals surface area contributed by atoms with Gasteiger partial charge in [0.2, 0.25) is 0 Å². The number of nitrogens with zero attached hydrogens (tertiary/aromatic N) is 1. The number of benzene rings is 4. The minimum atomic E-state index is -0.581. The molecular formula is C30H21ClFN3O4S. The van der Waals surface area contributed by atoms with Crippen LogP contribution < -0.4 is 20.3 Å². The molecule has 0 unspecified atom stereocenters. The fraction of sp³-hybridized carbons (Fsp3) is 0.0333. The second-order valence-corrected chi connectivity index (χ2v) is 10.1. The third kappa shape index (κ3) is 5.85. The molecular weight excluding hydrogens is 553 g/mol. The Labute approximate surface area is 238 Å². The van der Waals surface area contributed by atoms with Crippen LogP contribution in [0.15, 0.2) is 113 Å². The van der Waals surface area contributed by atoms with Gasteiger partial charge in [-0.1, -0.05) is 29.4 Å². The highest BCUT2D eigenvalue weighted by atomic mass is 35.5. The van der Waals surface area contributed by atoms with Crippen molar-refractivity contribution in [2.45, 2.75) is 4.90 Å². The summed E-state index contributed by atoms with van der Waals surface area (Å²) >= 11 is 6.99. The van der Waals surface area contributed by atoms with Crippen LogP contribution in [0.25, 0.3) is 0 Å². The SMILES string of the molecule is COc1ccc(NC2=C(Sc3cccc(NC(=O)c4ccc(Cl)cc4)c3)C(=O)N(c3ccc(F)cc3)C2=O)cc1. The number of carbonyl (C=O) groups is 3. The number of anilines is 3. The van der Waals surface area contributed by atoms with Gasteiger partial charge in [0.15, 0.2) is 0 Å². The first kappa shape index (κ1) is 27.0. The maximum absolute atomic E-state index is 13.6. The Hall–Kier alpha value is -4.60. The van der Waals surface area contributed by atoms with Crippen molar-refractivity contribution in [3.63, 3.8) is 0 Å². The number of thioether (sulfide) groups is 1. The fourth-order valence-electron chi connectivity index (χ4n) is 3.92. The van der Waals surface area contributed by atoms with E-state index in [0.717, 1.165) is 16.7 Å². The first-order valence-electron chi connectivity index (χ1n) is 12.0. The summed E-state index contributed by atoms with van der Waals surface area (Å²) in [5, 5.41) is 6.41. The van der Waals surface area contributed by atoms with Crippen molar-refractivity contribution in [2.75, 3.05) is 22.6 Å². The molecule has 0 aromatic heterocycles. The van der Waals surface area contributed by atoms with E-state index in [1.807, 2.05) is 0 Å². The van der Waals surface area contributed by atoms with Gasteiger partial charge in [-0.15, -0.1) is 0 Å². The van der Waals surface area contributed by atoms with Gasteiger partial charge in [-0.3, -0.25) is 14.4 Å². The summed E-state index contributed by atoms with van der Waals surface area (Å²) in [5.74, 6) is -1.32.